The first-order chi connectivity index (χ1) is 9.72. The van der Waals surface area contributed by atoms with Crippen LogP contribution in [0.5, 0.6) is 0 Å². The highest BCUT2D eigenvalue weighted by Gasteiger charge is 2.01. The number of anilines is 1. The van der Waals surface area contributed by atoms with E-state index in [2.05, 4.69) is 53.6 Å². The smallest absolute Gasteiger partial charge is 0.204 e. The SMILES string of the molecule is Cc1ccc(C)c(/C=N/Nc2nc3ccccc3s2)c1. The number of fused-ring (bicyclic) bond motifs is 1. The summed E-state index contributed by atoms with van der Waals surface area (Å²) in [5.74, 6) is 0. The van der Waals surface area contributed by atoms with Crippen LogP contribution in [0.2, 0.25) is 0 Å². The molecule has 2 aromatic carbocycles. The summed E-state index contributed by atoms with van der Waals surface area (Å²) in [7, 11) is 0. The molecule has 1 N–H and O–H groups in total. The average Bonchev–Trinajstić information content (AvgIpc) is 2.85. The molecule has 0 aliphatic rings. The number of nitrogens with one attached hydrogen (secondary N) is 1. The lowest BCUT2D eigenvalue weighted by Crippen LogP contribution is -1.92. The summed E-state index contributed by atoms with van der Waals surface area (Å²) < 4.78 is 1.16. The Balaban J connectivity index is 1.78. The highest BCUT2D eigenvalue weighted by Crippen LogP contribution is 2.25. The summed E-state index contributed by atoms with van der Waals surface area (Å²) in [5, 5.41) is 5.09. The highest BCUT2D eigenvalue weighted by atomic mass is 32.1. The van der Waals surface area contributed by atoms with Gasteiger partial charge in [0.2, 0.25) is 5.13 Å². The second-order valence-corrected chi connectivity index (χ2v) is 5.75. The largest absolute Gasteiger partial charge is 0.253 e. The lowest BCUT2D eigenvalue weighted by Gasteiger charge is -2.01. The second-order valence-electron chi connectivity index (χ2n) is 4.72. The van der Waals surface area contributed by atoms with Crippen LogP contribution >= 0.6 is 11.3 Å². The molecule has 0 amide bonds. The molecule has 0 fully saturated rings. The van der Waals surface area contributed by atoms with Crippen LogP contribution in [0.1, 0.15) is 16.7 Å². The van der Waals surface area contributed by atoms with Gasteiger partial charge < -0.3 is 0 Å². The highest BCUT2D eigenvalue weighted by molar-refractivity contribution is 7.22. The summed E-state index contributed by atoms with van der Waals surface area (Å²) in [5.41, 5.74) is 7.58. The topological polar surface area (TPSA) is 37.3 Å². The fourth-order valence-corrected chi connectivity index (χ4v) is 2.79. The fraction of sp³-hybridized carbons (Fsp3) is 0.125. The number of hydrogen-bond donors (Lipinski definition) is 1. The maximum atomic E-state index is 4.48. The van der Waals surface area contributed by atoms with Crippen LogP contribution in [-0.4, -0.2) is 11.2 Å². The molecule has 0 aliphatic heterocycles. The first kappa shape index (κ1) is 12.8. The first-order valence-electron chi connectivity index (χ1n) is 6.44. The van der Waals surface area contributed by atoms with Crippen molar-refractivity contribution in [3.05, 3.63) is 59.2 Å². The predicted octanol–water partition coefficient (Wildman–Crippen LogP) is 4.36. The van der Waals surface area contributed by atoms with Gasteiger partial charge in [0.05, 0.1) is 16.4 Å². The minimum absolute atomic E-state index is 0.813. The van der Waals surface area contributed by atoms with Crippen LogP contribution in [-0.2, 0) is 0 Å². The number of aromatic nitrogens is 1. The number of benzene rings is 2. The number of nitrogens with zero attached hydrogens (tertiary/aromatic N) is 2. The Kier molecular flexibility index (Phi) is 3.48. The van der Waals surface area contributed by atoms with E-state index in [-0.39, 0.29) is 0 Å². The van der Waals surface area contributed by atoms with Gasteiger partial charge in [-0.3, -0.25) is 5.43 Å². The van der Waals surface area contributed by atoms with Crippen molar-refractivity contribution in [1.29, 1.82) is 0 Å². The summed E-state index contributed by atoms with van der Waals surface area (Å²) in [4.78, 5) is 4.48. The maximum absolute atomic E-state index is 4.48. The lowest BCUT2D eigenvalue weighted by molar-refractivity contribution is 1.30. The Hall–Kier alpha value is -2.20. The second kappa shape index (κ2) is 5.43. The molecule has 100 valence electrons. The Bertz CT molecular complexity index is 741. The minimum Gasteiger partial charge on any atom is -0.253 e. The van der Waals surface area contributed by atoms with E-state index in [0.717, 1.165) is 20.9 Å². The van der Waals surface area contributed by atoms with Crippen molar-refractivity contribution in [3.8, 4) is 0 Å². The van der Waals surface area contributed by atoms with Crippen LogP contribution in [0.4, 0.5) is 5.13 Å². The molecule has 0 spiro atoms. The van der Waals surface area contributed by atoms with E-state index < -0.39 is 0 Å². The monoisotopic (exact) mass is 281 g/mol. The molecule has 3 nitrogen and oxygen atoms in total. The Morgan fingerprint density at radius 2 is 2.00 bits per heavy atom. The Morgan fingerprint density at radius 1 is 1.15 bits per heavy atom. The molecule has 4 heteroatoms. The minimum atomic E-state index is 0.813. The Morgan fingerprint density at radius 3 is 2.85 bits per heavy atom. The number of rotatable bonds is 3. The van der Waals surface area contributed by atoms with Crippen molar-refractivity contribution in [2.45, 2.75) is 13.8 Å². The zero-order valence-corrected chi connectivity index (χ0v) is 12.2. The van der Waals surface area contributed by atoms with Gasteiger partial charge in [0.15, 0.2) is 0 Å². The van der Waals surface area contributed by atoms with Gasteiger partial charge in [-0.1, -0.05) is 47.2 Å². The van der Waals surface area contributed by atoms with Crippen molar-refractivity contribution in [3.63, 3.8) is 0 Å². The van der Waals surface area contributed by atoms with Gasteiger partial charge in [0.1, 0.15) is 0 Å². The number of hydrazone groups is 1. The van der Waals surface area contributed by atoms with Crippen LogP contribution in [0.3, 0.4) is 0 Å². The van der Waals surface area contributed by atoms with Gasteiger partial charge >= 0.3 is 0 Å². The fourth-order valence-electron chi connectivity index (χ4n) is 1.98. The maximum Gasteiger partial charge on any atom is 0.204 e. The van der Waals surface area contributed by atoms with E-state index in [9.17, 15) is 0 Å². The van der Waals surface area contributed by atoms with E-state index in [1.54, 1.807) is 11.3 Å². The third kappa shape index (κ3) is 2.70. The predicted molar refractivity (Wildman–Crippen MR) is 86.8 cm³/mol. The third-order valence-electron chi connectivity index (χ3n) is 3.09. The van der Waals surface area contributed by atoms with Crippen molar-refractivity contribution in [2.24, 2.45) is 5.10 Å². The van der Waals surface area contributed by atoms with Crippen LogP contribution in [0.25, 0.3) is 10.2 Å². The zero-order valence-electron chi connectivity index (χ0n) is 11.4. The number of para-hydroxylation sites is 1. The molecule has 0 saturated carbocycles. The van der Waals surface area contributed by atoms with Gasteiger partial charge in [0, 0.05) is 0 Å². The van der Waals surface area contributed by atoms with Gasteiger partial charge in [0.25, 0.3) is 0 Å². The van der Waals surface area contributed by atoms with Gasteiger partial charge in [-0.25, -0.2) is 4.98 Å². The van der Waals surface area contributed by atoms with Gasteiger partial charge in [-0.05, 0) is 37.1 Å². The molecule has 0 bridgehead atoms. The summed E-state index contributed by atoms with van der Waals surface area (Å²) in [6.07, 6.45) is 1.84. The summed E-state index contributed by atoms with van der Waals surface area (Å²) >= 11 is 1.60. The molecule has 1 aromatic heterocycles. The molecule has 0 aliphatic carbocycles. The van der Waals surface area contributed by atoms with E-state index >= 15 is 0 Å². The molecule has 20 heavy (non-hydrogen) atoms. The molecule has 0 saturated heterocycles. The van der Waals surface area contributed by atoms with E-state index in [1.165, 1.54) is 11.1 Å². The van der Waals surface area contributed by atoms with Gasteiger partial charge in [-0.2, -0.15) is 5.10 Å². The molecule has 1 heterocycles. The van der Waals surface area contributed by atoms with Crippen molar-refractivity contribution < 1.29 is 0 Å². The van der Waals surface area contributed by atoms with Crippen LogP contribution in [0.15, 0.2) is 47.6 Å². The van der Waals surface area contributed by atoms with Gasteiger partial charge in [-0.15, -0.1) is 0 Å². The van der Waals surface area contributed by atoms with Crippen molar-refractivity contribution >= 4 is 32.9 Å². The van der Waals surface area contributed by atoms with E-state index in [4.69, 9.17) is 0 Å². The lowest BCUT2D eigenvalue weighted by atomic mass is 10.1. The standard InChI is InChI=1S/C16H15N3S/c1-11-7-8-12(2)13(9-11)10-17-19-16-18-14-5-3-4-6-15(14)20-16/h3-10H,1-2H3,(H,18,19)/b17-10+. The Labute approximate surface area is 122 Å². The molecule has 3 rings (SSSR count). The summed E-state index contributed by atoms with van der Waals surface area (Å²) in [6.45, 7) is 4.16. The van der Waals surface area contributed by atoms with Crippen molar-refractivity contribution in [1.82, 2.24) is 4.98 Å². The van der Waals surface area contributed by atoms with Crippen molar-refractivity contribution in [2.75, 3.05) is 5.43 Å². The van der Waals surface area contributed by atoms with Crippen LogP contribution in [0, 0.1) is 13.8 Å². The molecule has 3 aromatic rings. The molecule has 0 atom stereocenters. The zero-order chi connectivity index (χ0) is 13.9. The van der Waals surface area contributed by atoms with E-state index in [0.29, 0.717) is 0 Å². The van der Waals surface area contributed by atoms with Crippen LogP contribution < -0.4 is 5.43 Å². The summed E-state index contributed by atoms with van der Waals surface area (Å²) in [6, 6.07) is 14.4. The molecule has 0 radical (unpaired) electrons. The molecule has 0 unspecified atom stereocenters. The third-order valence-corrected chi connectivity index (χ3v) is 4.03. The first-order valence-corrected chi connectivity index (χ1v) is 7.26. The molecular weight excluding hydrogens is 266 g/mol. The average molecular weight is 281 g/mol. The number of aryl methyl sites for hydroxylation is 2. The number of hydrogen-bond acceptors (Lipinski definition) is 4. The number of thiazole rings is 1. The quantitative estimate of drug-likeness (QED) is 0.572. The normalized spacial score (nSPS) is 11.3. The molecular formula is C16H15N3S. The van der Waals surface area contributed by atoms with E-state index in [1.807, 2.05) is 24.4 Å².